The van der Waals surface area contributed by atoms with E-state index in [-0.39, 0.29) is 24.8 Å². The smallest absolute Gasteiger partial charge is 0.227 e. The molecular weight excluding hydrogens is 422 g/mol. The molecule has 1 N–H and O–H groups in total. The number of anilines is 1. The van der Waals surface area contributed by atoms with Crippen LogP contribution in [0, 0.1) is 19.8 Å². The lowest BCUT2D eigenvalue weighted by Crippen LogP contribution is -2.32. The second-order valence-electron chi connectivity index (χ2n) is 8.14. The van der Waals surface area contributed by atoms with Crippen molar-refractivity contribution in [1.29, 1.82) is 0 Å². The first-order valence-electron chi connectivity index (χ1n) is 10.7. The van der Waals surface area contributed by atoms with Crippen LogP contribution in [0.1, 0.15) is 23.2 Å². The average molecular weight is 450 g/mol. The number of ether oxygens (including phenoxy) is 2. The minimum Gasteiger partial charge on any atom is -0.493 e. The highest BCUT2D eigenvalue weighted by atomic mass is 16.5. The summed E-state index contributed by atoms with van der Waals surface area (Å²) in [5.74, 6) is 1.13. The SMILES string of the molecule is COc1ccc(-c2cc(CNC(=O)C3CC(=O)N(c4ccc(C)c(C)c4)C3)no2)cc1OC. The van der Waals surface area contributed by atoms with Gasteiger partial charge in [-0.05, 0) is 55.3 Å². The van der Waals surface area contributed by atoms with Gasteiger partial charge in [0.25, 0.3) is 0 Å². The van der Waals surface area contributed by atoms with E-state index in [1.165, 1.54) is 5.56 Å². The summed E-state index contributed by atoms with van der Waals surface area (Å²) in [5.41, 5.74) is 4.48. The molecule has 8 heteroatoms. The Balaban J connectivity index is 1.37. The Morgan fingerprint density at radius 2 is 1.88 bits per heavy atom. The second-order valence-corrected chi connectivity index (χ2v) is 8.14. The molecule has 1 aromatic heterocycles. The monoisotopic (exact) mass is 449 g/mol. The van der Waals surface area contributed by atoms with Crippen LogP contribution in [0.4, 0.5) is 5.69 Å². The zero-order valence-electron chi connectivity index (χ0n) is 19.2. The number of hydrogen-bond acceptors (Lipinski definition) is 6. The van der Waals surface area contributed by atoms with Crippen molar-refractivity contribution in [3.05, 3.63) is 59.3 Å². The quantitative estimate of drug-likeness (QED) is 0.592. The van der Waals surface area contributed by atoms with E-state index in [2.05, 4.69) is 10.5 Å². The highest BCUT2D eigenvalue weighted by Gasteiger charge is 2.35. The maximum atomic E-state index is 12.7. The number of carbonyl (C=O) groups excluding carboxylic acids is 2. The second kappa shape index (κ2) is 9.36. The Bertz CT molecular complexity index is 1190. The number of aryl methyl sites for hydroxylation is 2. The standard InChI is InChI=1S/C25H27N3O5/c1-15-5-7-20(9-16(15)2)28-14-18(11-24(28)29)25(30)26-13-19-12-22(33-27-19)17-6-8-21(31-3)23(10-17)32-4/h5-10,12,18H,11,13-14H2,1-4H3,(H,26,30). The van der Waals surface area contributed by atoms with E-state index in [0.717, 1.165) is 16.8 Å². The predicted molar refractivity (Wildman–Crippen MR) is 123 cm³/mol. The van der Waals surface area contributed by atoms with Crippen LogP contribution >= 0.6 is 0 Å². The molecule has 33 heavy (non-hydrogen) atoms. The van der Waals surface area contributed by atoms with E-state index >= 15 is 0 Å². The molecule has 3 aromatic rings. The minimum atomic E-state index is -0.406. The van der Waals surface area contributed by atoms with Gasteiger partial charge in [-0.15, -0.1) is 0 Å². The van der Waals surface area contributed by atoms with E-state index in [1.54, 1.807) is 37.3 Å². The average Bonchev–Trinajstić information content (AvgIpc) is 3.45. The van der Waals surface area contributed by atoms with Gasteiger partial charge in [0, 0.05) is 30.3 Å². The largest absolute Gasteiger partial charge is 0.493 e. The summed E-state index contributed by atoms with van der Waals surface area (Å²) in [4.78, 5) is 26.9. The van der Waals surface area contributed by atoms with Crippen LogP contribution in [0.3, 0.4) is 0 Å². The topological polar surface area (TPSA) is 93.9 Å². The van der Waals surface area contributed by atoms with Crippen molar-refractivity contribution in [2.45, 2.75) is 26.8 Å². The lowest BCUT2D eigenvalue weighted by molar-refractivity contribution is -0.126. The molecule has 2 heterocycles. The Morgan fingerprint density at radius 1 is 1.09 bits per heavy atom. The van der Waals surface area contributed by atoms with Gasteiger partial charge in [-0.1, -0.05) is 11.2 Å². The van der Waals surface area contributed by atoms with Crippen LogP contribution in [-0.4, -0.2) is 37.7 Å². The maximum absolute atomic E-state index is 12.7. The third-order valence-corrected chi connectivity index (χ3v) is 5.97. The fourth-order valence-electron chi connectivity index (χ4n) is 3.87. The summed E-state index contributed by atoms with van der Waals surface area (Å²) >= 11 is 0. The van der Waals surface area contributed by atoms with Crippen molar-refractivity contribution >= 4 is 17.5 Å². The van der Waals surface area contributed by atoms with Crippen molar-refractivity contribution in [1.82, 2.24) is 10.5 Å². The molecular formula is C25H27N3O5. The van der Waals surface area contributed by atoms with Crippen LogP contribution in [0.25, 0.3) is 11.3 Å². The predicted octanol–water partition coefficient (Wildman–Crippen LogP) is 3.64. The first kappa shape index (κ1) is 22.4. The van der Waals surface area contributed by atoms with Crippen molar-refractivity contribution in [3.8, 4) is 22.8 Å². The Morgan fingerprint density at radius 3 is 2.61 bits per heavy atom. The third kappa shape index (κ3) is 4.69. The molecule has 1 aliphatic heterocycles. The molecule has 0 spiro atoms. The molecule has 1 aliphatic rings. The van der Waals surface area contributed by atoms with Gasteiger partial charge in [-0.2, -0.15) is 0 Å². The van der Waals surface area contributed by atoms with Gasteiger partial charge >= 0.3 is 0 Å². The molecule has 0 saturated carbocycles. The highest BCUT2D eigenvalue weighted by Crippen LogP contribution is 2.32. The Hall–Kier alpha value is -3.81. The molecule has 1 unspecified atom stereocenters. The number of methoxy groups -OCH3 is 2. The van der Waals surface area contributed by atoms with Gasteiger partial charge in [0.1, 0.15) is 5.69 Å². The molecule has 8 nitrogen and oxygen atoms in total. The van der Waals surface area contributed by atoms with Gasteiger partial charge in [-0.25, -0.2) is 0 Å². The molecule has 2 amide bonds. The summed E-state index contributed by atoms with van der Waals surface area (Å²) in [6, 6.07) is 13.1. The number of nitrogens with one attached hydrogen (secondary N) is 1. The summed E-state index contributed by atoms with van der Waals surface area (Å²) in [6.07, 6.45) is 0.189. The summed E-state index contributed by atoms with van der Waals surface area (Å²) in [5, 5.41) is 6.92. The summed E-state index contributed by atoms with van der Waals surface area (Å²) in [7, 11) is 3.14. The molecule has 4 rings (SSSR count). The lowest BCUT2D eigenvalue weighted by Gasteiger charge is -2.18. The van der Waals surface area contributed by atoms with Crippen LogP contribution < -0.4 is 19.7 Å². The van der Waals surface area contributed by atoms with Crippen molar-refractivity contribution in [3.63, 3.8) is 0 Å². The lowest BCUT2D eigenvalue weighted by atomic mass is 10.1. The molecule has 0 bridgehead atoms. The van der Waals surface area contributed by atoms with Gasteiger partial charge in [0.05, 0.1) is 26.7 Å². The van der Waals surface area contributed by atoms with Gasteiger partial charge in [0.15, 0.2) is 17.3 Å². The number of amides is 2. The third-order valence-electron chi connectivity index (χ3n) is 5.97. The molecule has 0 aliphatic carbocycles. The number of hydrogen-bond donors (Lipinski definition) is 1. The number of benzene rings is 2. The molecule has 2 aromatic carbocycles. The summed E-state index contributed by atoms with van der Waals surface area (Å²) < 4.78 is 16.0. The van der Waals surface area contributed by atoms with Gasteiger partial charge in [0.2, 0.25) is 11.8 Å². The van der Waals surface area contributed by atoms with E-state index in [9.17, 15) is 9.59 Å². The number of rotatable bonds is 7. The normalized spacial score (nSPS) is 15.6. The first-order chi connectivity index (χ1) is 15.9. The van der Waals surface area contributed by atoms with Crippen molar-refractivity contribution in [2.75, 3.05) is 25.7 Å². The van der Waals surface area contributed by atoms with E-state index in [0.29, 0.717) is 29.5 Å². The molecule has 0 radical (unpaired) electrons. The van der Waals surface area contributed by atoms with E-state index < -0.39 is 5.92 Å². The fraction of sp³-hybridized carbons (Fsp3) is 0.320. The molecule has 1 atom stereocenters. The van der Waals surface area contributed by atoms with Gasteiger partial charge in [-0.3, -0.25) is 9.59 Å². The Labute approximate surface area is 192 Å². The molecule has 172 valence electrons. The zero-order valence-corrected chi connectivity index (χ0v) is 19.2. The van der Waals surface area contributed by atoms with Crippen LogP contribution in [0.15, 0.2) is 47.0 Å². The highest BCUT2D eigenvalue weighted by molar-refractivity contribution is 6.00. The number of nitrogens with zero attached hydrogens (tertiary/aromatic N) is 2. The number of aromatic nitrogens is 1. The minimum absolute atomic E-state index is 0.0458. The van der Waals surface area contributed by atoms with E-state index in [1.807, 2.05) is 38.1 Å². The number of carbonyl (C=O) groups is 2. The van der Waals surface area contributed by atoms with Gasteiger partial charge < -0.3 is 24.2 Å². The van der Waals surface area contributed by atoms with Crippen LogP contribution in [0.5, 0.6) is 11.5 Å². The Kier molecular flexibility index (Phi) is 6.35. The molecule has 1 fully saturated rings. The zero-order chi connectivity index (χ0) is 23.5. The van der Waals surface area contributed by atoms with Crippen LogP contribution in [-0.2, 0) is 16.1 Å². The maximum Gasteiger partial charge on any atom is 0.227 e. The fourth-order valence-corrected chi connectivity index (χ4v) is 3.87. The summed E-state index contributed by atoms with van der Waals surface area (Å²) in [6.45, 7) is 4.62. The van der Waals surface area contributed by atoms with Crippen LogP contribution in [0.2, 0.25) is 0 Å². The van der Waals surface area contributed by atoms with Crippen molar-refractivity contribution in [2.24, 2.45) is 5.92 Å². The molecule has 1 saturated heterocycles. The van der Waals surface area contributed by atoms with Crippen molar-refractivity contribution < 1.29 is 23.6 Å². The first-order valence-corrected chi connectivity index (χ1v) is 10.7. The van der Waals surface area contributed by atoms with E-state index in [4.69, 9.17) is 14.0 Å².